The van der Waals surface area contributed by atoms with Crippen LogP contribution in [0.2, 0.25) is 0 Å². The molecule has 2 N–H and O–H groups in total. The molecule has 0 fully saturated rings. The molecule has 20 heavy (non-hydrogen) atoms. The molecule has 0 saturated heterocycles. The normalized spacial score (nSPS) is 12.9. The van der Waals surface area contributed by atoms with Crippen molar-refractivity contribution in [2.45, 2.75) is 24.7 Å². The number of carbonyl (C=O) groups excluding carboxylic acids is 1. The number of nitrogens with one attached hydrogen (secondary N) is 1. The first-order chi connectivity index (χ1) is 9.38. The Morgan fingerprint density at radius 1 is 1.30 bits per heavy atom. The van der Waals surface area contributed by atoms with Crippen molar-refractivity contribution >= 4 is 15.7 Å². The van der Waals surface area contributed by atoms with Gasteiger partial charge >= 0.3 is 0 Å². The number of aliphatic hydroxyl groups excluding tert-OH is 1. The van der Waals surface area contributed by atoms with Crippen molar-refractivity contribution in [3.05, 3.63) is 29.8 Å². The van der Waals surface area contributed by atoms with Crippen LogP contribution in [0.15, 0.2) is 29.2 Å². The molecule has 1 atom stereocenters. The minimum atomic E-state index is -3.24. The molecule has 0 heterocycles. The second kappa shape index (κ2) is 7.40. The topological polar surface area (TPSA) is 83.5 Å². The van der Waals surface area contributed by atoms with Gasteiger partial charge in [0.15, 0.2) is 9.84 Å². The number of rotatable bonds is 7. The summed E-state index contributed by atoms with van der Waals surface area (Å²) in [7, 11) is -3.24. The van der Waals surface area contributed by atoms with Crippen LogP contribution in [-0.2, 0) is 9.84 Å². The second-order valence-electron chi connectivity index (χ2n) is 4.79. The summed E-state index contributed by atoms with van der Waals surface area (Å²) in [6, 6.07) is 5.85. The smallest absolute Gasteiger partial charge is 0.251 e. The van der Waals surface area contributed by atoms with Gasteiger partial charge in [-0.2, -0.15) is 0 Å². The van der Waals surface area contributed by atoms with Crippen LogP contribution in [0.3, 0.4) is 0 Å². The van der Waals surface area contributed by atoms with Crippen molar-refractivity contribution < 1.29 is 18.3 Å². The van der Waals surface area contributed by atoms with Crippen molar-refractivity contribution in [2.24, 2.45) is 5.92 Å². The molecule has 0 aliphatic carbocycles. The first kappa shape index (κ1) is 16.7. The summed E-state index contributed by atoms with van der Waals surface area (Å²) >= 11 is 0. The summed E-state index contributed by atoms with van der Waals surface area (Å²) in [6.45, 7) is 2.62. The summed E-state index contributed by atoms with van der Waals surface area (Å²) in [5.74, 6) is 0.0145. The Labute approximate surface area is 119 Å². The second-order valence-corrected chi connectivity index (χ2v) is 6.81. The lowest BCUT2D eigenvalue weighted by atomic mass is 10.0. The van der Waals surface area contributed by atoms with E-state index in [0.717, 1.165) is 12.7 Å². The van der Waals surface area contributed by atoms with Crippen molar-refractivity contribution in [1.29, 1.82) is 0 Å². The summed E-state index contributed by atoms with van der Waals surface area (Å²) in [6.07, 6.45) is 2.67. The van der Waals surface area contributed by atoms with Crippen LogP contribution in [0.1, 0.15) is 30.1 Å². The molecule has 0 aromatic heterocycles. The van der Waals surface area contributed by atoms with E-state index in [4.69, 9.17) is 5.11 Å². The lowest BCUT2D eigenvalue weighted by molar-refractivity contribution is 0.0943. The van der Waals surface area contributed by atoms with E-state index in [-0.39, 0.29) is 23.3 Å². The van der Waals surface area contributed by atoms with E-state index in [0.29, 0.717) is 18.5 Å². The Kier molecular flexibility index (Phi) is 6.16. The minimum absolute atomic E-state index is 0.109. The van der Waals surface area contributed by atoms with Crippen molar-refractivity contribution in [3.63, 3.8) is 0 Å². The highest BCUT2D eigenvalue weighted by Gasteiger charge is 2.11. The summed E-state index contributed by atoms with van der Waals surface area (Å²) < 4.78 is 22.6. The van der Waals surface area contributed by atoms with E-state index >= 15 is 0 Å². The van der Waals surface area contributed by atoms with Gasteiger partial charge in [-0.1, -0.05) is 13.3 Å². The number of aliphatic hydroxyl groups is 1. The molecule has 0 saturated carbocycles. The highest BCUT2D eigenvalue weighted by Crippen LogP contribution is 2.11. The number of hydrogen-bond acceptors (Lipinski definition) is 4. The van der Waals surface area contributed by atoms with Gasteiger partial charge in [0, 0.05) is 25.0 Å². The van der Waals surface area contributed by atoms with Gasteiger partial charge in [-0.15, -0.1) is 0 Å². The van der Waals surface area contributed by atoms with Crippen LogP contribution in [-0.4, -0.2) is 38.8 Å². The van der Waals surface area contributed by atoms with Crippen LogP contribution in [0.25, 0.3) is 0 Å². The highest BCUT2D eigenvalue weighted by atomic mass is 32.2. The first-order valence-electron chi connectivity index (χ1n) is 6.57. The minimum Gasteiger partial charge on any atom is -0.396 e. The van der Waals surface area contributed by atoms with Gasteiger partial charge < -0.3 is 10.4 Å². The molecule has 1 amide bonds. The molecule has 5 nitrogen and oxygen atoms in total. The number of amides is 1. The third-order valence-electron chi connectivity index (χ3n) is 3.21. The molecule has 0 spiro atoms. The van der Waals surface area contributed by atoms with Crippen LogP contribution >= 0.6 is 0 Å². The molecule has 0 bridgehead atoms. The molecule has 0 aliphatic heterocycles. The summed E-state index contributed by atoms with van der Waals surface area (Å²) in [4.78, 5) is 12.1. The fourth-order valence-corrected chi connectivity index (χ4v) is 2.46. The number of carbonyl (C=O) groups is 1. The summed E-state index contributed by atoms with van der Waals surface area (Å²) in [5, 5.41) is 11.7. The zero-order chi connectivity index (χ0) is 15.2. The predicted molar refractivity (Wildman–Crippen MR) is 77.4 cm³/mol. The molecule has 1 rings (SSSR count). The zero-order valence-corrected chi connectivity index (χ0v) is 12.6. The Balaban J connectivity index is 2.64. The summed E-state index contributed by atoms with van der Waals surface area (Å²) in [5.41, 5.74) is 0.427. The van der Waals surface area contributed by atoms with Crippen LogP contribution in [0.5, 0.6) is 0 Å². The SMILES string of the molecule is CCC(CCO)CNC(=O)c1ccc(S(C)(=O)=O)cc1. The quantitative estimate of drug-likeness (QED) is 0.793. The Bertz CT molecular complexity index is 537. The molecule has 1 aromatic rings. The molecular weight excluding hydrogens is 278 g/mol. The molecule has 1 unspecified atom stereocenters. The predicted octanol–water partition coefficient (Wildman–Crippen LogP) is 1.23. The molecule has 1 aromatic carbocycles. The van der Waals surface area contributed by atoms with Crippen LogP contribution in [0, 0.1) is 5.92 Å². The van der Waals surface area contributed by atoms with E-state index < -0.39 is 9.84 Å². The van der Waals surface area contributed by atoms with Gasteiger partial charge in [-0.05, 0) is 36.6 Å². The molecular formula is C14H21NO4S. The van der Waals surface area contributed by atoms with E-state index in [1.807, 2.05) is 6.92 Å². The van der Waals surface area contributed by atoms with Gasteiger partial charge in [0.05, 0.1) is 4.90 Å². The standard InChI is InChI=1S/C14H21NO4S/c1-3-11(8-9-16)10-15-14(17)12-4-6-13(7-5-12)20(2,18)19/h4-7,11,16H,3,8-10H2,1-2H3,(H,15,17). The fraction of sp³-hybridized carbons (Fsp3) is 0.500. The first-order valence-corrected chi connectivity index (χ1v) is 8.46. The van der Waals surface area contributed by atoms with Crippen LogP contribution in [0.4, 0.5) is 0 Å². The monoisotopic (exact) mass is 299 g/mol. The molecule has 0 aliphatic rings. The maximum atomic E-state index is 11.9. The van der Waals surface area contributed by atoms with Gasteiger partial charge in [-0.25, -0.2) is 8.42 Å². The number of sulfone groups is 1. The molecule has 6 heteroatoms. The third kappa shape index (κ3) is 4.94. The van der Waals surface area contributed by atoms with Gasteiger partial charge in [-0.3, -0.25) is 4.79 Å². The Morgan fingerprint density at radius 2 is 1.90 bits per heavy atom. The zero-order valence-electron chi connectivity index (χ0n) is 11.8. The highest BCUT2D eigenvalue weighted by molar-refractivity contribution is 7.90. The fourth-order valence-electron chi connectivity index (χ4n) is 1.83. The van der Waals surface area contributed by atoms with Crippen molar-refractivity contribution in [2.75, 3.05) is 19.4 Å². The Hall–Kier alpha value is -1.40. The number of benzene rings is 1. The van der Waals surface area contributed by atoms with Crippen LogP contribution < -0.4 is 5.32 Å². The lowest BCUT2D eigenvalue weighted by Crippen LogP contribution is -2.29. The van der Waals surface area contributed by atoms with E-state index in [1.54, 1.807) is 0 Å². The van der Waals surface area contributed by atoms with E-state index in [1.165, 1.54) is 24.3 Å². The third-order valence-corrected chi connectivity index (χ3v) is 4.34. The lowest BCUT2D eigenvalue weighted by Gasteiger charge is -2.14. The number of hydrogen-bond donors (Lipinski definition) is 2. The largest absolute Gasteiger partial charge is 0.396 e. The average Bonchev–Trinajstić information content (AvgIpc) is 2.42. The Morgan fingerprint density at radius 3 is 2.35 bits per heavy atom. The van der Waals surface area contributed by atoms with E-state index in [2.05, 4.69) is 5.32 Å². The molecule has 112 valence electrons. The van der Waals surface area contributed by atoms with Crippen molar-refractivity contribution in [1.82, 2.24) is 5.32 Å². The van der Waals surface area contributed by atoms with E-state index in [9.17, 15) is 13.2 Å². The maximum Gasteiger partial charge on any atom is 0.251 e. The average molecular weight is 299 g/mol. The van der Waals surface area contributed by atoms with Gasteiger partial charge in [0.1, 0.15) is 0 Å². The van der Waals surface area contributed by atoms with Gasteiger partial charge in [0.25, 0.3) is 5.91 Å². The molecule has 0 radical (unpaired) electrons. The maximum absolute atomic E-state index is 11.9. The van der Waals surface area contributed by atoms with Crippen molar-refractivity contribution in [3.8, 4) is 0 Å². The van der Waals surface area contributed by atoms with Gasteiger partial charge in [0.2, 0.25) is 0 Å².